The third-order valence-electron chi connectivity index (χ3n) is 3.03. The first-order valence-electron chi connectivity index (χ1n) is 7.18. The van der Waals surface area contributed by atoms with Gasteiger partial charge in [0.15, 0.2) is 0 Å². The molecule has 0 heterocycles. The van der Waals surface area contributed by atoms with Gasteiger partial charge in [0, 0.05) is 5.69 Å². The van der Waals surface area contributed by atoms with Crippen molar-refractivity contribution in [3.05, 3.63) is 59.9 Å². The normalized spacial score (nSPS) is 11.1. The van der Waals surface area contributed by atoms with Gasteiger partial charge in [-0.15, -0.1) is 0 Å². The zero-order valence-electron chi connectivity index (χ0n) is 13.0. The molecule has 0 aromatic heterocycles. The van der Waals surface area contributed by atoms with Gasteiger partial charge in [-0.2, -0.15) is 0 Å². The molecule has 0 aliphatic carbocycles. The van der Waals surface area contributed by atoms with Crippen molar-refractivity contribution >= 4 is 21.6 Å². The van der Waals surface area contributed by atoms with Gasteiger partial charge in [0.2, 0.25) is 5.91 Å². The van der Waals surface area contributed by atoms with E-state index in [0.29, 0.717) is 17.9 Å². The second kappa shape index (κ2) is 7.89. The molecule has 2 rings (SSSR count). The van der Waals surface area contributed by atoms with E-state index in [4.69, 9.17) is 4.84 Å². The van der Waals surface area contributed by atoms with Gasteiger partial charge in [0.25, 0.3) is 10.0 Å². The van der Waals surface area contributed by atoms with Crippen LogP contribution in [0.4, 0.5) is 10.1 Å². The van der Waals surface area contributed by atoms with Crippen LogP contribution in [0.1, 0.15) is 12.5 Å². The van der Waals surface area contributed by atoms with Crippen LogP contribution in [0.3, 0.4) is 0 Å². The standard InChI is InChI=1S/C16H17FN2O4S/c1-2-23-18-16(20)11-12-3-7-14(8-4-12)19-24(21,22)15-9-5-13(17)6-10-15/h3-10,19H,2,11H2,1H3,(H,18,20). The van der Waals surface area contributed by atoms with Gasteiger partial charge < -0.3 is 0 Å². The van der Waals surface area contributed by atoms with Gasteiger partial charge in [-0.3, -0.25) is 14.4 Å². The van der Waals surface area contributed by atoms with Gasteiger partial charge in [0.05, 0.1) is 17.9 Å². The number of carbonyl (C=O) groups excluding carboxylic acids is 1. The quantitative estimate of drug-likeness (QED) is 0.749. The minimum absolute atomic E-state index is 0.0379. The summed E-state index contributed by atoms with van der Waals surface area (Å²) in [5.41, 5.74) is 3.33. The van der Waals surface area contributed by atoms with E-state index in [1.54, 1.807) is 31.2 Å². The van der Waals surface area contributed by atoms with Crippen LogP contribution >= 0.6 is 0 Å². The van der Waals surface area contributed by atoms with Crippen molar-refractivity contribution in [2.24, 2.45) is 0 Å². The second-order valence-corrected chi connectivity index (χ2v) is 6.57. The first kappa shape index (κ1) is 17.9. The Kier molecular flexibility index (Phi) is 5.88. The highest BCUT2D eigenvalue weighted by Crippen LogP contribution is 2.17. The van der Waals surface area contributed by atoms with Crippen molar-refractivity contribution in [1.29, 1.82) is 0 Å². The first-order chi connectivity index (χ1) is 11.4. The van der Waals surface area contributed by atoms with Crippen molar-refractivity contribution in [2.75, 3.05) is 11.3 Å². The molecule has 1 amide bonds. The number of carbonyl (C=O) groups is 1. The maximum absolute atomic E-state index is 12.9. The Balaban J connectivity index is 2.03. The monoisotopic (exact) mass is 352 g/mol. The number of amides is 1. The molecule has 2 aromatic carbocycles. The summed E-state index contributed by atoms with van der Waals surface area (Å²) in [7, 11) is -3.79. The van der Waals surface area contributed by atoms with Gasteiger partial charge in [-0.05, 0) is 48.9 Å². The molecular weight excluding hydrogens is 335 g/mol. The third-order valence-corrected chi connectivity index (χ3v) is 4.42. The molecule has 2 aromatic rings. The van der Waals surface area contributed by atoms with E-state index in [0.717, 1.165) is 12.1 Å². The smallest absolute Gasteiger partial charge is 0.261 e. The fraction of sp³-hybridized carbons (Fsp3) is 0.188. The summed E-state index contributed by atoms with van der Waals surface area (Å²) >= 11 is 0. The van der Waals surface area contributed by atoms with Crippen LogP contribution in [-0.4, -0.2) is 20.9 Å². The van der Waals surface area contributed by atoms with Gasteiger partial charge in [0.1, 0.15) is 5.82 Å². The van der Waals surface area contributed by atoms with Crippen LogP contribution in [-0.2, 0) is 26.1 Å². The Morgan fingerprint density at radius 3 is 2.29 bits per heavy atom. The maximum Gasteiger partial charge on any atom is 0.261 e. The number of nitrogens with one attached hydrogen (secondary N) is 2. The van der Waals surface area contributed by atoms with Gasteiger partial charge in [-0.25, -0.2) is 18.3 Å². The lowest BCUT2D eigenvalue weighted by Crippen LogP contribution is -2.25. The van der Waals surface area contributed by atoms with Gasteiger partial charge in [-0.1, -0.05) is 12.1 Å². The summed E-state index contributed by atoms with van der Waals surface area (Å²) in [5.74, 6) is -0.805. The predicted molar refractivity (Wildman–Crippen MR) is 87.1 cm³/mol. The van der Waals surface area contributed by atoms with E-state index >= 15 is 0 Å². The lowest BCUT2D eigenvalue weighted by atomic mass is 10.1. The third kappa shape index (κ3) is 5.04. The van der Waals surface area contributed by atoms with Crippen LogP contribution < -0.4 is 10.2 Å². The van der Waals surface area contributed by atoms with Crippen molar-refractivity contribution in [3.8, 4) is 0 Å². The van der Waals surface area contributed by atoms with Crippen molar-refractivity contribution in [2.45, 2.75) is 18.2 Å². The molecule has 0 atom stereocenters. The number of hydroxylamine groups is 1. The fourth-order valence-corrected chi connectivity index (χ4v) is 2.95. The number of anilines is 1. The molecule has 0 saturated carbocycles. The highest BCUT2D eigenvalue weighted by molar-refractivity contribution is 7.92. The zero-order chi connectivity index (χ0) is 17.6. The first-order valence-corrected chi connectivity index (χ1v) is 8.67. The molecule has 0 spiro atoms. The molecular formula is C16H17FN2O4S. The van der Waals surface area contributed by atoms with Crippen molar-refractivity contribution < 1.29 is 22.4 Å². The minimum Gasteiger partial charge on any atom is -0.280 e. The number of halogens is 1. The Bertz CT molecular complexity index is 790. The number of rotatable bonds is 7. The molecule has 128 valence electrons. The lowest BCUT2D eigenvalue weighted by Gasteiger charge is -2.09. The molecule has 8 heteroatoms. The SMILES string of the molecule is CCONC(=O)Cc1ccc(NS(=O)(=O)c2ccc(F)cc2)cc1. The molecule has 0 bridgehead atoms. The van der Waals surface area contributed by atoms with E-state index in [-0.39, 0.29) is 17.2 Å². The largest absolute Gasteiger partial charge is 0.280 e. The predicted octanol–water partition coefficient (Wildman–Crippen LogP) is 2.24. The van der Waals surface area contributed by atoms with Gasteiger partial charge >= 0.3 is 0 Å². The topological polar surface area (TPSA) is 84.5 Å². The highest BCUT2D eigenvalue weighted by atomic mass is 32.2. The molecule has 0 aliphatic rings. The summed E-state index contributed by atoms with van der Waals surface area (Å²) < 4.78 is 39.6. The summed E-state index contributed by atoms with van der Waals surface area (Å²) in [6.45, 7) is 2.12. The Morgan fingerprint density at radius 2 is 1.71 bits per heavy atom. The summed E-state index contributed by atoms with van der Waals surface area (Å²) in [5, 5.41) is 0. The zero-order valence-corrected chi connectivity index (χ0v) is 13.8. The van der Waals surface area contributed by atoms with E-state index in [1.807, 2.05) is 0 Å². The average Bonchev–Trinajstić information content (AvgIpc) is 2.55. The van der Waals surface area contributed by atoms with Crippen molar-refractivity contribution in [1.82, 2.24) is 5.48 Å². The number of benzene rings is 2. The average molecular weight is 352 g/mol. The molecule has 0 fully saturated rings. The van der Waals surface area contributed by atoms with Crippen LogP contribution in [0.5, 0.6) is 0 Å². The molecule has 0 unspecified atom stereocenters. The van der Waals surface area contributed by atoms with Crippen molar-refractivity contribution in [3.63, 3.8) is 0 Å². The molecule has 0 aliphatic heterocycles. The Morgan fingerprint density at radius 1 is 1.08 bits per heavy atom. The number of hydrogen-bond acceptors (Lipinski definition) is 4. The number of hydrogen-bond donors (Lipinski definition) is 2. The summed E-state index contributed by atoms with van der Waals surface area (Å²) in [6, 6.07) is 10.9. The molecule has 24 heavy (non-hydrogen) atoms. The molecule has 6 nitrogen and oxygen atoms in total. The second-order valence-electron chi connectivity index (χ2n) is 4.89. The van der Waals surface area contributed by atoms with Crippen LogP contribution in [0, 0.1) is 5.82 Å². The molecule has 0 saturated heterocycles. The van der Waals surface area contributed by atoms with Crippen LogP contribution in [0.2, 0.25) is 0 Å². The molecule has 0 radical (unpaired) electrons. The highest BCUT2D eigenvalue weighted by Gasteiger charge is 2.14. The fourth-order valence-electron chi connectivity index (χ4n) is 1.89. The Hall–Kier alpha value is -2.45. The minimum atomic E-state index is -3.79. The Labute approximate surface area is 139 Å². The maximum atomic E-state index is 12.9. The van der Waals surface area contributed by atoms with E-state index < -0.39 is 15.8 Å². The lowest BCUT2D eigenvalue weighted by molar-refractivity contribution is -0.132. The molecule has 2 N–H and O–H groups in total. The van der Waals surface area contributed by atoms with E-state index in [2.05, 4.69) is 10.2 Å². The van der Waals surface area contributed by atoms with Crippen LogP contribution in [0.25, 0.3) is 0 Å². The summed E-state index contributed by atoms with van der Waals surface area (Å²) in [6.07, 6.45) is 0.116. The number of sulfonamides is 1. The summed E-state index contributed by atoms with van der Waals surface area (Å²) in [4.78, 5) is 16.3. The van der Waals surface area contributed by atoms with E-state index in [1.165, 1.54) is 12.1 Å². The van der Waals surface area contributed by atoms with Crippen LogP contribution in [0.15, 0.2) is 53.4 Å². The van der Waals surface area contributed by atoms with E-state index in [9.17, 15) is 17.6 Å².